The molecule has 0 N–H and O–H groups in total. The van der Waals surface area contributed by atoms with Crippen LogP contribution in [0.2, 0.25) is 0 Å². The first kappa shape index (κ1) is 14.9. The zero-order valence-electron chi connectivity index (χ0n) is 11.6. The van der Waals surface area contributed by atoms with Gasteiger partial charge in [0, 0.05) is 7.11 Å². The van der Waals surface area contributed by atoms with Crippen molar-refractivity contribution in [1.82, 2.24) is 4.31 Å². The van der Waals surface area contributed by atoms with Crippen LogP contribution in [0.3, 0.4) is 0 Å². The second kappa shape index (κ2) is 5.47. The van der Waals surface area contributed by atoms with Gasteiger partial charge in [0.25, 0.3) is 0 Å². The zero-order chi connectivity index (χ0) is 14.9. The molecule has 1 aliphatic heterocycles. The van der Waals surface area contributed by atoms with Crippen LogP contribution in [0.1, 0.15) is 12.5 Å². The topological polar surface area (TPSA) is 63.7 Å². The number of methoxy groups -OCH3 is 1. The monoisotopic (exact) mass is 295 g/mol. The lowest BCUT2D eigenvalue weighted by atomic mass is 10.1. The van der Waals surface area contributed by atoms with Gasteiger partial charge in [-0.05, 0) is 38.1 Å². The number of rotatable bonds is 3. The highest BCUT2D eigenvalue weighted by Gasteiger charge is 2.39. The number of ether oxygens (including phenoxy) is 1. The van der Waals surface area contributed by atoms with E-state index in [2.05, 4.69) is 0 Å². The van der Waals surface area contributed by atoms with Crippen LogP contribution < -0.4 is 0 Å². The molecule has 0 radical (unpaired) electrons. The smallest absolute Gasteiger partial charge is 0.246 e. The molecule has 2 atom stereocenters. The Bertz CT molecular complexity index is 634. The predicted molar refractivity (Wildman–Crippen MR) is 74.6 cm³/mol. The summed E-state index contributed by atoms with van der Waals surface area (Å²) < 4.78 is 31.6. The first-order valence-corrected chi connectivity index (χ1v) is 7.67. The van der Waals surface area contributed by atoms with Crippen LogP contribution in [-0.4, -0.2) is 37.9 Å². The first-order chi connectivity index (χ1) is 9.37. The van der Waals surface area contributed by atoms with E-state index in [4.69, 9.17) is 4.74 Å². The lowest BCUT2D eigenvalue weighted by Gasteiger charge is -2.34. The predicted octanol–water partition coefficient (Wildman–Crippen LogP) is 1.49. The molecule has 0 amide bonds. The number of carbonyl (C=O) groups is 1. The number of hydrogen-bond donors (Lipinski definition) is 0. The number of sulfonamides is 1. The van der Waals surface area contributed by atoms with Gasteiger partial charge in [-0.2, -0.15) is 4.31 Å². The minimum absolute atomic E-state index is 0.153. The summed E-state index contributed by atoms with van der Waals surface area (Å²) in [5.41, 5.74) is 0.968. The van der Waals surface area contributed by atoms with Crippen LogP contribution >= 0.6 is 0 Å². The molecule has 0 saturated heterocycles. The maximum absolute atomic E-state index is 12.7. The van der Waals surface area contributed by atoms with E-state index in [0.29, 0.717) is 0 Å². The first-order valence-electron chi connectivity index (χ1n) is 6.23. The molecule has 0 spiro atoms. The van der Waals surface area contributed by atoms with Gasteiger partial charge in [-0.25, -0.2) is 8.42 Å². The number of hydrogen-bond acceptors (Lipinski definition) is 4. The molecule has 6 heteroatoms. The minimum atomic E-state index is -3.79. The van der Waals surface area contributed by atoms with Crippen LogP contribution in [0.25, 0.3) is 0 Å². The maximum Gasteiger partial charge on any atom is 0.246 e. The van der Waals surface area contributed by atoms with Crippen molar-refractivity contribution in [2.24, 2.45) is 0 Å². The summed E-state index contributed by atoms with van der Waals surface area (Å²) in [6.07, 6.45) is 2.04. The van der Waals surface area contributed by atoms with Crippen LogP contribution in [0.15, 0.2) is 41.3 Å². The zero-order valence-corrected chi connectivity index (χ0v) is 12.4. The van der Waals surface area contributed by atoms with Crippen molar-refractivity contribution in [1.29, 1.82) is 0 Å². The van der Waals surface area contributed by atoms with Gasteiger partial charge in [0.05, 0.1) is 10.9 Å². The molecule has 108 valence electrons. The maximum atomic E-state index is 12.7. The van der Waals surface area contributed by atoms with Crippen molar-refractivity contribution < 1.29 is 17.9 Å². The van der Waals surface area contributed by atoms with Gasteiger partial charge in [-0.1, -0.05) is 17.7 Å². The quantitative estimate of drug-likeness (QED) is 0.847. The molecule has 20 heavy (non-hydrogen) atoms. The highest BCUT2D eigenvalue weighted by atomic mass is 32.2. The normalized spacial score (nSPS) is 24.1. The summed E-state index contributed by atoms with van der Waals surface area (Å²) in [6.45, 7) is 3.44. The van der Waals surface area contributed by atoms with Crippen molar-refractivity contribution in [3.63, 3.8) is 0 Å². The fraction of sp³-hybridized carbons (Fsp3) is 0.357. The van der Waals surface area contributed by atoms with Crippen LogP contribution in [0.5, 0.6) is 0 Å². The molecule has 0 unspecified atom stereocenters. The van der Waals surface area contributed by atoms with E-state index >= 15 is 0 Å². The van der Waals surface area contributed by atoms with E-state index in [1.807, 2.05) is 6.92 Å². The highest BCUT2D eigenvalue weighted by molar-refractivity contribution is 7.89. The molecule has 1 aromatic rings. The van der Waals surface area contributed by atoms with Crippen molar-refractivity contribution in [2.45, 2.75) is 31.0 Å². The average Bonchev–Trinajstić information content (AvgIpc) is 2.41. The summed E-state index contributed by atoms with van der Waals surface area (Å²) in [5, 5.41) is 0. The fourth-order valence-corrected chi connectivity index (χ4v) is 3.78. The number of nitrogens with zero attached hydrogens (tertiary/aromatic N) is 1. The van der Waals surface area contributed by atoms with E-state index in [1.165, 1.54) is 31.4 Å². The summed E-state index contributed by atoms with van der Waals surface area (Å²) in [4.78, 5) is 11.9. The molecule has 0 bridgehead atoms. The van der Waals surface area contributed by atoms with E-state index in [9.17, 15) is 13.2 Å². The number of benzene rings is 1. The van der Waals surface area contributed by atoms with Gasteiger partial charge in [0.15, 0.2) is 5.78 Å². The third-order valence-corrected chi connectivity index (χ3v) is 5.25. The largest absolute Gasteiger partial charge is 0.362 e. The van der Waals surface area contributed by atoms with Gasteiger partial charge in [0.1, 0.15) is 6.23 Å². The van der Waals surface area contributed by atoms with E-state index in [0.717, 1.165) is 9.87 Å². The Labute approximate surface area is 118 Å². The van der Waals surface area contributed by atoms with Gasteiger partial charge in [0.2, 0.25) is 10.0 Å². The molecule has 0 aromatic heterocycles. The Morgan fingerprint density at radius 2 is 1.80 bits per heavy atom. The molecular weight excluding hydrogens is 278 g/mol. The number of aryl methyl sites for hydroxylation is 1. The lowest BCUT2D eigenvalue weighted by Crippen LogP contribution is -2.51. The second-order valence-electron chi connectivity index (χ2n) is 4.71. The van der Waals surface area contributed by atoms with Gasteiger partial charge in [-0.3, -0.25) is 4.79 Å². The van der Waals surface area contributed by atoms with Crippen LogP contribution in [0.4, 0.5) is 0 Å². The van der Waals surface area contributed by atoms with E-state index < -0.39 is 22.3 Å². The molecule has 0 fully saturated rings. The molecule has 2 rings (SSSR count). The number of carbonyl (C=O) groups excluding carboxylic acids is 1. The Morgan fingerprint density at radius 3 is 2.35 bits per heavy atom. The van der Waals surface area contributed by atoms with Crippen molar-refractivity contribution in [2.75, 3.05) is 7.11 Å². The Balaban J connectivity index is 2.48. The standard InChI is InChI=1S/C14H17NO4S/c1-10-4-6-12(7-5-10)20(17,18)15-11(2)13(16)8-9-14(15)19-3/h4-9,11,14H,1-3H3/t11-,14+/m0/s1. The molecule has 1 aromatic carbocycles. The van der Waals surface area contributed by atoms with Gasteiger partial charge in [-0.15, -0.1) is 0 Å². The average molecular weight is 295 g/mol. The Morgan fingerprint density at radius 1 is 1.20 bits per heavy atom. The molecule has 0 aliphatic carbocycles. The SMILES string of the molecule is CO[C@@H]1C=CC(=O)[C@H](C)N1S(=O)(=O)c1ccc(C)cc1. The molecule has 1 heterocycles. The number of ketones is 1. The highest BCUT2D eigenvalue weighted by Crippen LogP contribution is 2.25. The lowest BCUT2D eigenvalue weighted by molar-refractivity contribution is -0.121. The van der Waals surface area contributed by atoms with Crippen molar-refractivity contribution in [3.05, 3.63) is 42.0 Å². The van der Waals surface area contributed by atoms with E-state index in [1.54, 1.807) is 19.1 Å². The van der Waals surface area contributed by atoms with Crippen LogP contribution in [-0.2, 0) is 19.6 Å². The van der Waals surface area contributed by atoms with Crippen molar-refractivity contribution >= 4 is 15.8 Å². The third kappa shape index (κ3) is 2.54. The van der Waals surface area contributed by atoms with E-state index in [-0.39, 0.29) is 10.7 Å². The minimum Gasteiger partial charge on any atom is -0.362 e. The van der Waals surface area contributed by atoms with Gasteiger partial charge < -0.3 is 4.74 Å². The Hall–Kier alpha value is -1.50. The summed E-state index contributed by atoms with van der Waals surface area (Å²) in [7, 11) is -2.37. The molecular formula is C14H17NO4S. The second-order valence-corrected chi connectivity index (χ2v) is 6.55. The fourth-order valence-electron chi connectivity index (χ4n) is 2.11. The van der Waals surface area contributed by atoms with Crippen LogP contribution in [0, 0.1) is 6.92 Å². The molecule has 1 aliphatic rings. The van der Waals surface area contributed by atoms with Gasteiger partial charge >= 0.3 is 0 Å². The molecule has 0 saturated carbocycles. The molecule has 5 nitrogen and oxygen atoms in total. The Kier molecular flexibility index (Phi) is 4.08. The summed E-state index contributed by atoms with van der Waals surface area (Å²) >= 11 is 0. The summed E-state index contributed by atoms with van der Waals surface area (Å²) in [5.74, 6) is -0.256. The summed E-state index contributed by atoms with van der Waals surface area (Å²) in [6, 6.07) is 5.73. The third-order valence-electron chi connectivity index (χ3n) is 3.31. The van der Waals surface area contributed by atoms with Crippen molar-refractivity contribution in [3.8, 4) is 0 Å².